The van der Waals surface area contributed by atoms with Crippen LogP contribution in [0.5, 0.6) is 0 Å². The number of aromatic nitrogens is 3. The summed E-state index contributed by atoms with van der Waals surface area (Å²) in [5.74, 6) is 0.178. The summed E-state index contributed by atoms with van der Waals surface area (Å²) in [6.45, 7) is 0. The first-order valence-electron chi connectivity index (χ1n) is 5.87. The van der Waals surface area contributed by atoms with Crippen LogP contribution >= 0.6 is 0 Å². The molecule has 102 valence electrons. The molecule has 3 rings (SSSR count). The number of hydrogen-bond donors (Lipinski definition) is 1. The third-order valence-electron chi connectivity index (χ3n) is 2.93. The zero-order valence-electron chi connectivity index (χ0n) is 10.7. The maximum atomic E-state index is 11.6. The van der Waals surface area contributed by atoms with Crippen LogP contribution in [0, 0.1) is 0 Å². The Morgan fingerprint density at radius 2 is 1.90 bits per heavy atom. The Labute approximate surface area is 115 Å². The third-order valence-corrected chi connectivity index (χ3v) is 4.04. The molecule has 3 aromatic rings. The number of pyridine rings is 1. The van der Waals surface area contributed by atoms with Crippen molar-refractivity contribution in [1.82, 2.24) is 14.6 Å². The molecular formula is C13H12N4O2S. The highest BCUT2D eigenvalue weighted by atomic mass is 32.2. The molecule has 0 unspecified atom stereocenters. The van der Waals surface area contributed by atoms with Gasteiger partial charge >= 0.3 is 0 Å². The Balaban J connectivity index is 2.26. The Hall–Kier alpha value is -2.41. The molecule has 7 heteroatoms. The molecule has 0 saturated heterocycles. The second-order valence-corrected chi connectivity index (χ2v) is 6.47. The van der Waals surface area contributed by atoms with E-state index >= 15 is 0 Å². The first-order chi connectivity index (χ1) is 9.45. The van der Waals surface area contributed by atoms with Crippen LogP contribution in [0.15, 0.2) is 47.4 Å². The number of nitrogen functional groups attached to an aromatic ring is 1. The van der Waals surface area contributed by atoms with Crippen molar-refractivity contribution >= 4 is 21.4 Å². The van der Waals surface area contributed by atoms with Crippen molar-refractivity contribution in [3.05, 3.63) is 42.5 Å². The second kappa shape index (κ2) is 4.31. The normalized spacial score (nSPS) is 11.8. The molecule has 0 bridgehead atoms. The summed E-state index contributed by atoms with van der Waals surface area (Å²) in [7, 11) is -3.25. The van der Waals surface area contributed by atoms with E-state index in [1.165, 1.54) is 6.26 Å². The Kier molecular flexibility index (Phi) is 2.72. The minimum Gasteiger partial charge on any atom is -0.366 e. The summed E-state index contributed by atoms with van der Waals surface area (Å²) < 4.78 is 24.9. The van der Waals surface area contributed by atoms with Crippen LogP contribution in [-0.2, 0) is 9.84 Å². The lowest BCUT2D eigenvalue weighted by Crippen LogP contribution is -1.99. The molecule has 0 atom stereocenters. The minimum atomic E-state index is -3.25. The molecule has 2 N–H and O–H groups in total. The summed E-state index contributed by atoms with van der Waals surface area (Å²) in [5, 5.41) is 4.12. The van der Waals surface area contributed by atoms with Gasteiger partial charge in [-0.2, -0.15) is 4.98 Å². The van der Waals surface area contributed by atoms with Crippen molar-refractivity contribution in [2.75, 3.05) is 12.0 Å². The van der Waals surface area contributed by atoms with Gasteiger partial charge in [-0.1, -0.05) is 18.2 Å². The number of nitrogens with two attached hydrogens (primary N) is 1. The molecule has 20 heavy (non-hydrogen) atoms. The lowest BCUT2D eigenvalue weighted by atomic mass is 10.1. The van der Waals surface area contributed by atoms with Crippen molar-refractivity contribution in [3.63, 3.8) is 0 Å². The summed E-state index contributed by atoms with van der Waals surface area (Å²) >= 11 is 0. The van der Waals surface area contributed by atoms with E-state index in [0.29, 0.717) is 5.65 Å². The van der Waals surface area contributed by atoms with Gasteiger partial charge in [0.25, 0.3) is 0 Å². The molecule has 1 aromatic carbocycles. The van der Waals surface area contributed by atoms with E-state index in [4.69, 9.17) is 5.73 Å². The van der Waals surface area contributed by atoms with Gasteiger partial charge in [0.05, 0.1) is 10.6 Å². The smallest absolute Gasteiger partial charge is 0.240 e. The van der Waals surface area contributed by atoms with E-state index in [1.807, 2.05) is 18.2 Å². The minimum absolute atomic E-state index is 0.178. The van der Waals surface area contributed by atoms with Crippen LogP contribution in [0.25, 0.3) is 16.9 Å². The van der Waals surface area contributed by atoms with Crippen molar-refractivity contribution in [3.8, 4) is 11.3 Å². The summed E-state index contributed by atoms with van der Waals surface area (Å²) in [5.41, 5.74) is 7.69. The van der Waals surface area contributed by atoms with Crippen molar-refractivity contribution in [1.29, 1.82) is 0 Å². The Morgan fingerprint density at radius 1 is 1.15 bits per heavy atom. The average molecular weight is 288 g/mol. The first kappa shape index (κ1) is 12.6. The molecular weight excluding hydrogens is 276 g/mol. The fraction of sp³-hybridized carbons (Fsp3) is 0.0769. The number of nitrogens with zero attached hydrogens (tertiary/aromatic N) is 3. The first-order valence-corrected chi connectivity index (χ1v) is 7.76. The topological polar surface area (TPSA) is 90.3 Å². The lowest BCUT2D eigenvalue weighted by molar-refractivity contribution is 0.602. The average Bonchev–Trinajstić information content (AvgIpc) is 2.77. The monoisotopic (exact) mass is 288 g/mol. The number of sulfone groups is 1. The van der Waals surface area contributed by atoms with E-state index < -0.39 is 9.84 Å². The third kappa shape index (κ3) is 2.12. The highest BCUT2D eigenvalue weighted by molar-refractivity contribution is 7.90. The van der Waals surface area contributed by atoms with E-state index in [2.05, 4.69) is 10.1 Å². The Bertz CT molecular complexity index is 900. The van der Waals surface area contributed by atoms with Gasteiger partial charge in [-0.25, -0.2) is 12.9 Å². The quantitative estimate of drug-likeness (QED) is 0.769. The summed E-state index contributed by atoms with van der Waals surface area (Å²) in [4.78, 5) is 4.35. The molecule has 0 fully saturated rings. The van der Waals surface area contributed by atoms with Crippen LogP contribution in [0.3, 0.4) is 0 Å². The van der Waals surface area contributed by atoms with Crippen LogP contribution in [0.1, 0.15) is 0 Å². The molecule has 2 heterocycles. The van der Waals surface area contributed by atoms with Crippen molar-refractivity contribution in [2.24, 2.45) is 0 Å². The maximum absolute atomic E-state index is 11.6. The van der Waals surface area contributed by atoms with Crippen molar-refractivity contribution < 1.29 is 8.42 Å². The van der Waals surface area contributed by atoms with Crippen LogP contribution in [0.2, 0.25) is 0 Å². The second-order valence-electron chi connectivity index (χ2n) is 4.45. The summed E-state index contributed by atoms with van der Waals surface area (Å²) in [6, 6.07) is 12.1. The zero-order chi connectivity index (χ0) is 14.3. The zero-order valence-corrected chi connectivity index (χ0v) is 11.5. The number of fused-ring (bicyclic) bond motifs is 1. The molecule has 2 aromatic heterocycles. The van der Waals surface area contributed by atoms with Gasteiger partial charge in [0, 0.05) is 11.8 Å². The predicted octanol–water partition coefficient (Wildman–Crippen LogP) is 1.38. The molecule has 0 aliphatic carbocycles. The van der Waals surface area contributed by atoms with E-state index in [9.17, 15) is 8.42 Å². The predicted molar refractivity (Wildman–Crippen MR) is 75.9 cm³/mol. The van der Waals surface area contributed by atoms with Gasteiger partial charge in [0.1, 0.15) is 0 Å². The maximum Gasteiger partial charge on any atom is 0.240 e. The van der Waals surface area contributed by atoms with Gasteiger partial charge in [-0.15, -0.1) is 5.10 Å². The van der Waals surface area contributed by atoms with Gasteiger partial charge < -0.3 is 5.73 Å². The van der Waals surface area contributed by atoms with Crippen LogP contribution < -0.4 is 5.73 Å². The molecule has 0 radical (unpaired) electrons. The van der Waals surface area contributed by atoms with E-state index in [0.717, 1.165) is 11.3 Å². The van der Waals surface area contributed by atoms with Crippen LogP contribution in [-0.4, -0.2) is 29.3 Å². The highest BCUT2D eigenvalue weighted by Gasteiger charge is 2.11. The molecule has 0 amide bonds. The molecule has 0 saturated carbocycles. The van der Waals surface area contributed by atoms with Crippen LogP contribution in [0.4, 0.5) is 5.95 Å². The molecule has 6 nitrogen and oxygen atoms in total. The fourth-order valence-corrected chi connectivity index (χ4v) is 2.69. The number of anilines is 1. The molecule has 0 spiro atoms. The SMILES string of the molecule is CS(=O)(=O)c1cccc(-c2cccc3nc(N)nn23)c1. The number of hydrogen-bond acceptors (Lipinski definition) is 5. The van der Waals surface area contributed by atoms with E-state index in [-0.39, 0.29) is 10.8 Å². The van der Waals surface area contributed by atoms with Gasteiger partial charge in [-0.05, 0) is 24.3 Å². The number of benzene rings is 1. The number of rotatable bonds is 2. The standard InChI is InChI=1S/C13H12N4O2S/c1-20(18,19)10-5-2-4-9(8-10)11-6-3-7-12-15-13(14)16-17(11)12/h2-8H,1H3,(H2,14,16). The Morgan fingerprint density at radius 3 is 2.65 bits per heavy atom. The van der Waals surface area contributed by atoms with Gasteiger partial charge in [0.15, 0.2) is 15.5 Å². The fourth-order valence-electron chi connectivity index (χ4n) is 2.03. The lowest BCUT2D eigenvalue weighted by Gasteiger charge is -2.06. The molecule has 0 aliphatic heterocycles. The summed E-state index contributed by atoms with van der Waals surface area (Å²) in [6.07, 6.45) is 1.18. The van der Waals surface area contributed by atoms with Gasteiger partial charge in [0.2, 0.25) is 5.95 Å². The highest BCUT2D eigenvalue weighted by Crippen LogP contribution is 2.23. The van der Waals surface area contributed by atoms with Crippen molar-refractivity contribution in [2.45, 2.75) is 4.90 Å². The van der Waals surface area contributed by atoms with Gasteiger partial charge in [-0.3, -0.25) is 0 Å². The van der Waals surface area contributed by atoms with E-state index in [1.54, 1.807) is 28.8 Å². The molecule has 0 aliphatic rings. The largest absolute Gasteiger partial charge is 0.366 e.